The number of hydrogen-bond donors (Lipinski definition) is 1. The lowest BCUT2D eigenvalue weighted by molar-refractivity contribution is -0.116. The van der Waals surface area contributed by atoms with Crippen LogP contribution >= 0.6 is 11.6 Å². The fourth-order valence-corrected chi connectivity index (χ4v) is 3.52. The van der Waals surface area contributed by atoms with Crippen LogP contribution < -0.4 is 10.7 Å². The number of amides is 1. The number of aromatic nitrogens is 2. The van der Waals surface area contributed by atoms with Gasteiger partial charge in [-0.25, -0.2) is 4.39 Å². The highest BCUT2D eigenvalue weighted by Crippen LogP contribution is 2.20. The summed E-state index contributed by atoms with van der Waals surface area (Å²) in [5, 5.41) is 3.17. The minimum absolute atomic E-state index is 0.0971. The number of pyridine rings is 2. The number of aryl methyl sites for hydroxylation is 1. The van der Waals surface area contributed by atoms with Crippen molar-refractivity contribution in [2.75, 3.05) is 5.32 Å². The van der Waals surface area contributed by atoms with Crippen LogP contribution in [-0.2, 0) is 11.3 Å². The van der Waals surface area contributed by atoms with Crippen molar-refractivity contribution >= 4 is 39.9 Å². The van der Waals surface area contributed by atoms with Gasteiger partial charge in [-0.2, -0.15) is 0 Å². The monoisotopic (exact) mass is 449 g/mol. The molecule has 4 rings (SSSR count). The summed E-state index contributed by atoms with van der Waals surface area (Å²) in [4.78, 5) is 42.6. The van der Waals surface area contributed by atoms with Crippen molar-refractivity contribution in [3.05, 3.63) is 105 Å². The molecule has 2 heterocycles. The molecule has 2 aromatic heterocycles. The second-order valence-electron chi connectivity index (χ2n) is 7.24. The van der Waals surface area contributed by atoms with Crippen LogP contribution in [0.5, 0.6) is 0 Å². The Morgan fingerprint density at radius 1 is 1.09 bits per heavy atom. The molecule has 0 aliphatic heterocycles. The van der Waals surface area contributed by atoms with Gasteiger partial charge in [0.25, 0.3) is 0 Å². The molecule has 0 spiro atoms. The number of ketones is 1. The summed E-state index contributed by atoms with van der Waals surface area (Å²) in [6.45, 7) is 1.42. The van der Waals surface area contributed by atoms with Crippen LogP contribution in [0.15, 0.2) is 71.9 Å². The quantitative estimate of drug-likeness (QED) is 0.459. The fraction of sp³-hybridized carbons (Fsp3) is 0.0833. The number of carbonyl (C=O) groups is 2. The summed E-state index contributed by atoms with van der Waals surface area (Å²) in [7, 11) is 0. The van der Waals surface area contributed by atoms with E-state index in [9.17, 15) is 18.8 Å². The van der Waals surface area contributed by atoms with E-state index >= 15 is 0 Å². The predicted molar refractivity (Wildman–Crippen MR) is 121 cm³/mol. The topological polar surface area (TPSA) is 81.1 Å². The van der Waals surface area contributed by atoms with Crippen LogP contribution in [0.3, 0.4) is 0 Å². The number of nitrogens with one attached hydrogen (secondary N) is 1. The first-order valence-corrected chi connectivity index (χ1v) is 10.0. The van der Waals surface area contributed by atoms with Crippen molar-refractivity contribution < 1.29 is 14.0 Å². The van der Waals surface area contributed by atoms with E-state index in [0.29, 0.717) is 27.4 Å². The molecule has 0 fully saturated rings. The smallest absolute Gasteiger partial charge is 0.244 e. The van der Waals surface area contributed by atoms with Crippen LogP contribution in [0.4, 0.5) is 10.1 Å². The van der Waals surface area contributed by atoms with Crippen molar-refractivity contribution in [2.45, 2.75) is 13.5 Å². The number of nitrogens with zero attached hydrogens (tertiary/aromatic N) is 2. The average Bonchev–Trinajstić information content (AvgIpc) is 2.78. The van der Waals surface area contributed by atoms with Crippen LogP contribution in [0.25, 0.3) is 10.9 Å². The molecule has 4 aromatic rings. The third-order valence-corrected chi connectivity index (χ3v) is 5.23. The second kappa shape index (κ2) is 8.72. The summed E-state index contributed by atoms with van der Waals surface area (Å²) in [5.74, 6) is -1.37. The Balaban J connectivity index is 1.75. The zero-order valence-corrected chi connectivity index (χ0v) is 17.7. The molecule has 160 valence electrons. The highest BCUT2D eigenvalue weighted by Gasteiger charge is 2.18. The molecule has 0 saturated carbocycles. The molecule has 0 aliphatic rings. The number of rotatable bonds is 5. The van der Waals surface area contributed by atoms with Gasteiger partial charge < -0.3 is 9.88 Å². The molecular weight excluding hydrogens is 433 g/mol. The summed E-state index contributed by atoms with van der Waals surface area (Å²) in [6.07, 6.45) is 4.27. The van der Waals surface area contributed by atoms with Gasteiger partial charge in [0.05, 0.1) is 11.1 Å². The van der Waals surface area contributed by atoms with Gasteiger partial charge in [-0.15, -0.1) is 0 Å². The van der Waals surface area contributed by atoms with Gasteiger partial charge in [-0.05, 0) is 55.0 Å². The fourth-order valence-electron chi connectivity index (χ4n) is 3.35. The lowest BCUT2D eigenvalue weighted by Crippen LogP contribution is -2.24. The summed E-state index contributed by atoms with van der Waals surface area (Å²) in [5.41, 5.74) is 0.923. The van der Waals surface area contributed by atoms with Crippen molar-refractivity contribution in [1.82, 2.24) is 9.55 Å². The molecule has 2 aromatic carbocycles. The van der Waals surface area contributed by atoms with E-state index in [-0.39, 0.29) is 17.5 Å². The molecule has 6 nitrogen and oxygen atoms in total. The van der Waals surface area contributed by atoms with Crippen molar-refractivity contribution in [3.63, 3.8) is 0 Å². The average molecular weight is 450 g/mol. The molecule has 32 heavy (non-hydrogen) atoms. The standard InChI is InChI=1S/C24H17ClFN3O3/c1-14-2-4-17(11-20(14)26)28-22(30)13-29-12-19(23(31)15-6-8-27-9-7-15)24(32)18-10-16(25)3-5-21(18)29/h2-12H,13H2,1H3,(H,28,30). The maximum absolute atomic E-state index is 13.8. The first-order chi connectivity index (χ1) is 15.3. The lowest BCUT2D eigenvalue weighted by atomic mass is 10.0. The van der Waals surface area contributed by atoms with E-state index in [2.05, 4.69) is 10.3 Å². The first kappa shape index (κ1) is 21.4. The summed E-state index contributed by atoms with van der Waals surface area (Å²) < 4.78 is 15.3. The SMILES string of the molecule is Cc1ccc(NC(=O)Cn2cc(C(=O)c3ccncc3)c(=O)c3cc(Cl)ccc32)cc1F. The van der Waals surface area contributed by atoms with Gasteiger partial charge >= 0.3 is 0 Å². The maximum atomic E-state index is 13.8. The normalized spacial score (nSPS) is 10.8. The molecule has 0 bridgehead atoms. The lowest BCUT2D eigenvalue weighted by Gasteiger charge is -2.14. The molecule has 0 radical (unpaired) electrons. The molecule has 0 atom stereocenters. The van der Waals surface area contributed by atoms with Gasteiger partial charge in [0.1, 0.15) is 12.4 Å². The maximum Gasteiger partial charge on any atom is 0.244 e. The van der Waals surface area contributed by atoms with E-state index in [1.807, 2.05) is 0 Å². The first-order valence-electron chi connectivity index (χ1n) is 9.67. The third kappa shape index (κ3) is 4.29. The van der Waals surface area contributed by atoms with Crippen molar-refractivity contribution in [3.8, 4) is 0 Å². The van der Waals surface area contributed by atoms with E-state index in [4.69, 9.17) is 11.6 Å². The highest BCUT2D eigenvalue weighted by atomic mass is 35.5. The van der Waals surface area contributed by atoms with Crippen LogP contribution in [0.1, 0.15) is 21.5 Å². The Hall–Kier alpha value is -3.84. The minimum atomic E-state index is -0.492. The van der Waals surface area contributed by atoms with Gasteiger partial charge in [-0.3, -0.25) is 19.4 Å². The summed E-state index contributed by atoms with van der Waals surface area (Å²) >= 11 is 6.08. The van der Waals surface area contributed by atoms with Gasteiger partial charge in [0, 0.05) is 40.3 Å². The van der Waals surface area contributed by atoms with Crippen LogP contribution in [0.2, 0.25) is 5.02 Å². The highest BCUT2D eigenvalue weighted by molar-refractivity contribution is 6.31. The van der Waals surface area contributed by atoms with Crippen molar-refractivity contribution in [1.29, 1.82) is 0 Å². The Morgan fingerprint density at radius 3 is 2.56 bits per heavy atom. The Kier molecular flexibility index (Phi) is 5.83. The molecular formula is C24H17ClFN3O3. The number of halogens is 2. The molecule has 1 N–H and O–H groups in total. The van der Waals surface area contributed by atoms with Gasteiger partial charge in [0.15, 0.2) is 5.78 Å². The second-order valence-corrected chi connectivity index (χ2v) is 7.67. The number of carbonyl (C=O) groups excluding carboxylic acids is 2. The molecule has 0 aliphatic carbocycles. The van der Waals surface area contributed by atoms with Crippen LogP contribution in [-0.4, -0.2) is 21.2 Å². The van der Waals surface area contributed by atoms with E-state index in [0.717, 1.165) is 0 Å². The van der Waals surface area contributed by atoms with Crippen molar-refractivity contribution in [2.24, 2.45) is 0 Å². The molecule has 8 heteroatoms. The van der Waals surface area contributed by atoms with E-state index in [1.54, 1.807) is 31.2 Å². The molecule has 1 amide bonds. The van der Waals surface area contributed by atoms with E-state index in [1.165, 1.54) is 47.4 Å². The molecule has 0 unspecified atom stereocenters. The number of fused-ring (bicyclic) bond motifs is 1. The Labute approximate surface area is 187 Å². The third-order valence-electron chi connectivity index (χ3n) is 5.00. The Morgan fingerprint density at radius 2 is 1.84 bits per heavy atom. The zero-order valence-electron chi connectivity index (χ0n) is 16.9. The summed E-state index contributed by atoms with van der Waals surface area (Å²) in [6, 6.07) is 12.1. The largest absolute Gasteiger partial charge is 0.337 e. The number of hydrogen-bond acceptors (Lipinski definition) is 4. The minimum Gasteiger partial charge on any atom is -0.337 e. The molecule has 0 saturated heterocycles. The Bertz CT molecular complexity index is 1420. The van der Waals surface area contributed by atoms with Crippen LogP contribution in [0, 0.1) is 12.7 Å². The van der Waals surface area contributed by atoms with Gasteiger partial charge in [-0.1, -0.05) is 17.7 Å². The predicted octanol–water partition coefficient (Wildman–Crippen LogP) is 4.37. The zero-order chi connectivity index (χ0) is 22.8. The van der Waals surface area contributed by atoms with E-state index < -0.39 is 22.9 Å². The number of benzene rings is 2. The van der Waals surface area contributed by atoms with Gasteiger partial charge in [0.2, 0.25) is 11.3 Å². The number of anilines is 1.